The first-order chi connectivity index (χ1) is 8.72. The maximum atomic E-state index is 10.5. The molecule has 1 aromatic heterocycles. The molecule has 0 radical (unpaired) electrons. The fourth-order valence-corrected chi connectivity index (χ4v) is 2.57. The molecule has 1 heterocycles. The van der Waals surface area contributed by atoms with Gasteiger partial charge in [-0.05, 0) is 12.8 Å². The summed E-state index contributed by atoms with van der Waals surface area (Å²) in [6.45, 7) is 5.08. The Balaban J connectivity index is 1.78. The van der Waals surface area contributed by atoms with Gasteiger partial charge in [-0.1, -0.05) is 32.3 Å². The average molecular weight is 249 g/mol. The van der Waals surface area contributed by atoms with Crippen molar-refractivity contribution in [2.45, 2.75) is 50.7 Å². The van der Waals surface area contributed by atoms with Gasteiger partial charge < -0.3 is 10.4 Å². The van der Waals surface area contributed by atoms with Gasteiger partial charge in [-0.25, -0.2) is 4.68 Å². The summed E-state index contributed by atoms with van der Waals surface area (Å²) in [6.07, 6.45) is 12.1. The van der Waals surface area contributed by atoms with Crippen LogP contribution in [-0.2, 0) is 6.54 Å². The molecular weight excluding hydrogens is 226 g/mol. The third-order valence-corrected chi connectivity index (χ3v) is 3.66. The summed E-state index contributed by atoms with van der Waals surface area (Å²) in [4.78, 5) is 0. The number of aromatic nitrogens is 2. The summed E-state index contributed by atoms with van der Waals surface area (Å²) >= 11 is 0. The van der Waals surface area contributed by atoms with Crippen LogP contribution in [0.15, 0.2) is 19.0 Å². The van der Waals surface area contributed by atoms with Crippen LogP contribution < -0.4 is 5.32 Å². The molecule has 1 fully saturated rings. The van der Waals surface area contributed by atoms with Crippen LogP contribution in [0.3, 0.4) is 0 Å². The van der Waals surface area contributed by atoms with Crippen molar-refractivity contribution in [3.05, 3.63) is 24.5 Å². The summed E-state index contributed by atoms with van der Waals surface area (Å²) in [5.74, 6) is 0. The largest absolute Gasteiger partial charge is 0.389 e. The van der Waals surface area contributed by atoms with E-state index in [-0.39, 0.29) is 0 Å². The highest BCUT2D eigenvalue weighted by atomic mass is 16.3. The Bertz CT molecular complexity index is 378. The second kappa shape index (κ2) is 6.16. The number of rotatable bonds is 5. The average Bonchev–Trinajstić information content (AvgIpc) is 2.71. The Morgan fingerprint density at radius 2 is 2.11 bits per heavy atom. The highest BCUT2D eigenvalue weighted by Crippen LogP contribution is 2.26. The second-order valence-electron chi connectivity index (χ2n) is 5.25. The zero-order chi connectivity index (χ0) is 12.8. The van der Waals surface area contributed by atoms with Gasteiger partial charge >= 0.3 is 0 Å². The number of nitrogens with one attached hydrogen (secondary N) is 1. The fourth-order valence-electron chi connectivity index (χ4n) is 2.57. The van der Waals surface area contributed by atoms with E-state index < -0.39 is 5.60 Å². The predicted molar refractivity (Wildman–Crippen MR) is 73.0 cm³/mol. The van der Waals surface area contributed by atoms with Gasteiger partial charge in [-0.3, -0.25) is 0 Å². The van der Waals surface area contributed by atoms with E-state index in [9.17, 15) is 5.11 Å². The van der Waals surface area contributed by atoms with Gasteiger partial charge in [0.15, 0.2) is 0 Å². The third kappa shape index (κ3) is 3.68. The Morgan fingerprint density at radius 3 is 2.72 bits per heavy atom. The summed E-state index contributed by atoms with van der Waals surface area (Å²) < 4.78 is 1.69. The molecule has 18 heavy (non-hydrogen) atoms. The van der Waals surface area contributed by atoms with Crippen LogP contribution in [0.2, 0.25) is 0 Å². The smallest absolute Gasteiger partial charge is 0.0771 e. The number of aliphatic hydroxyl groups is 1. The lowest BCUT2D eigenvalue weighted by molar-refractivity contribution is 0.0250. The van der Waals surface area contributed by atoms with Crippen LogP contribution in [0.4, 0.5) is 0 Å². The minimum absolute atomic E-state index is 0.509. The summed E-state index contributed by atoms with van der Waals surface area (Å²) in [5.41, 5.74) is 0.609. The summed E-state index contributed by atoms with van der Waals surface area (Å²) in [5, 5.41) is 17.9. The van der Waals surface area contributed by atoms with E-state index >= 15 is 0 Å². The van der Waals surface area contributed by atoms with E-state index in [4.69, 9.17) is 0 Å². The van der Waals surface area contributed by atoms with Gasteiger partial charge in [-0.15, -0.1) is 0 Å². The van der Waals surface area contributed by atoms with E-state index in [1.165, 1.54) is 12.8 Å². The highest BCUT2D eigenvalue weighted by molar-refractivity contribution is 5.17. The summed E-state index contributed by atoms with van der Waals surface area (Å²) in [6, 6.07) is 0. The van der Waals surface area contributed by atoms with Crippen molar-refractivity contribution in [1.29, 1.82) is 0 Å². The molecule has 0 aliphatic heterocycles. The van der Waals surface area contributed by atoms with Crippen molar-refractivity contribution in [3.8, 4) is 0 Å². The van der Waals surface area contributed by atoms with E-state index in [1.54, 1.807) is 10.9 Å². The normalized spacial score (nSPS) is 19.4. The molecule has 0 aromatic carbocycles. The van der Waals surface area contributed by atoms with Crippen molar-refractivity contribution >= 4 is 6.20 Å². The van der Waals surface area contributed by atoms with Crippen molar-refractivity contribution in [2.24, 2.45) is 0 Å². The molecule has 1 saturated carbocycles. The third-order valence-electron chi connectivity index (χ3n) is 3.66. The van der Waals surface area contributed by atoms with Crippen LogP contribution in [0, 0.1) is 0 Å². The first kappa shape index (κ1) is 13.3. The van der Waals surface area contributed by atoms with Crippen LogP contribution in [0.25, 0.3) is 6.20 Å². The molecule has 0 bridgehead atoms. The first-order valence-corrected chi connectivity index (χ1v) is 6.81. The van der Waals surface area contributed by atoms with Crippen LogP contribution >= 0.6 is 0 Å². The van der Waals surface area contributed by atoms with Crippen molar-refractivity contribution in [3.63, 3.8) is 0 Å². The molecule has 0 unspecified atom stereocenters. The standard InChI is InChI=1S/C14H23N3O/c1-2-17-11-13(10-16-17)9-15-12-14(18)7-5-3-4-6-8-14/h2,10-11,15,18H,1,3-9,12H2. The van der Waals surface area contributed by atoms with E-state index in [0.29, 0.717) is 6.54 Å². The van der Waals surface area contributed by atoms with Crippen molar-refractivity contribution < 1.29 is 5.11 Å². The maximum absolute atomic E-state index is 10.5. The lowest BCUT2D eigenvalue weighted by Crippen LogP contribution is -2.39. The maximum Gasteiger partial charge on any atom is 0.0771 e. The zero-order valence-corrected chi connectivity index (χ0v) is 10.9. The monoisotopic (exact) mass is 249 g/mol. The molecule has 4 nitrogen and oxygen atoms in total. The lowest BCUT2D eigenvalue weighted by Gasteiger charge is -2.26. The topological polar surface area (TPSA) is 50.1 Å². The molecule has 0 spiro atoms. The Morgan fingerprint density at radius 1 is 1.39 bits per heavy atom. The van der Waals surface area contributed by atoms with Gasteiger partial charge in [-0.2, -0.15) is 5.10 Å². The van der Waals surface area contributed by atoms with E-state index in [2.05, 4.69) is 17.0 Å². The Hall–Kier alpha value is -1.13. The zero-order valence-electron chi connectivity index (χ0n) is 10.9. The Kier molecular flexibility index (Phi) is 4.55. The minimum Gasteiger partial charge on any atom is -0.389 e. The lowest BCUT2D eigenvalue weighted by atomic mass is 9.94. The summed E-state index contributed by atoms with van der Waals surface area (Å²) in [7, 11) is 0. The van der Waals surface area contributed by atoms with Crippen molar-refractivity contribution in [2.75, 3.05) is 6.54 Å². The quantitative estimate of drug-likeness (QED) is 0.786. The molecule has 0 saturated heterocycles. The molecule has 100 valence electrons. The minimum atomic E-state index is -0.509. The highest BCUT2D eigenvalue weighted by Gasteiger charge is 2.27. The molecule has 0 amide bonds. The van der Waals surface area contributed by atoms with Gasteiger partial charge in [0, 0.05) is 31.0 Å². The van der Waals surface area contributed by atoms with E-state index in [0.717, 1.165) is 37.8 Å². The number of nitrogens with zero attached hydrogens (tertiary/aromatic N) is 2. The molecular formula is C14H23N3O. The second-order valence-corrected chi connectivity index (χ2v) is 5.25. The van der Waals surface area contributed by atoms with Crippen LogP contribution in [-0.4, -0.2) is 27.0 Å². The SMILES string of the molecule is C=Cn1cc(CNCC2(O)CCCCCC2)cn1. The van der Waals surface area contributed by atoms with Crippen molar-refractivity contribution in [1.82, 2.24) is 15.1 Å². The van der Waals surface area contributed by atoms with Gasteiger partial charge in [0.1, 0.15) is 0 Å². The molecule has 2 N–H and O–H groups in total. The van der Waals surface area contributed by atoms with Crippen LogP contribution in [0.1, 0.15) is 44.1 Å². The fraction of sp³-hybridized carbons (Fsp3) is 0.643. The molecule has 1 aliphatic rings. The number of hydrogen-bond donors (Lipinski definition) is 2. The van der Waals surface area contributed by atoms with E-state index in [1.807, 2.05) is 12.4 Å². The molecule has 0 atom stereocenters. The molecule has 2 rings (SSSR count). The molecule has 4 heteroatoms. The first-order valence-electron chi connectivity index (χ1n) is 6.81. The Labute approximate surface area is 109 Å². The van der Waals surface area contributed by atoms with Gasteiger partial charge in [0.05, 0.1) is 11.8 Å². The number of hydrogen-bond acceptors (Lipinski definition) is 3. The molecule has 1 aromatic rings. The molecule has 1 aliphatic carbocycles. The van der Waals surface area contributed by atoms with Gasteiger partial charge in [0.25, 0.3) is 0 Å². The predicted octanol–water partition coefficient (Wildman–Crippen LogP) is 2.16. The van der Waals surface area contributed by atoms with Gasteiger partial charge in [0.2, 0.25) is 0 Å². The van der Waals surface area contributed by atoms with Crippen LogP contribution in [0.5, 0.6) is 0 Å².